The highest BCUT2D eigenvalue weighted by Gasteiger charge is 2.48. The van der Waals surface area contributed by atoms with Gasteiger partial charge in [-0.2, -0.15) is 0 Å². The molecule has 1 fully saturated rings. The summed E-state index contributed by atoms with van der Waals surface area (Å²) < 4.78 is 6.49. The highest BCUT2D eigenvalue weighted by Crippen LogP contribution is 2.44. The molecule has 1 atom stereocenters. The summed E-state index contributed by atoms with van der Waals surface area (Å²) in [6.07, 6.45) is 3.13. The van der Waals surface area contributed by atoms with Crippen LogP contribution in [0.15, 0.2) is 82.7 Å². The number of Topliss-reactive ketones (excluding diaryl/α,β-unsaturated/α-hetero) is 1. The Morgan fingerprint density at radius 3 is 2.29 bits per heavy atom. The summed E-state index contributed by atoms with van der Waals surface area (Å²) >= 11 is 14.7. The van der Waals surface area contributed by atoms with E-state index in [9.17, 15) is 14.7 Å². The smallest absolute Gasteiger partial charge is 0.301 e. The second kappa shape index (κ2) is 13.7. The number of unbranched alkanes of at least 4 members (excludes halogenated alkanes) is 2. The number of hydrogen-bond acceptors (Lipinski definition) is 8. The van der Waals surface area contributed by atoms with E-state index in [0.29, 0.717) is 43.6 Å². The van der Waals surface area contributed by atoms with E-state index in [0.717, 1.165) is 24.8 Å². The number of aromatic nitrogens is 2. The van der Waals surface area contributed by atoms with Gasteiger partial charge in [-0.15, -0.1) is 10.2 Å². The second-order valence-electron chi connectivity index (χ2n) is 9.57. The van der Waals surface area contributed by atoms with Gasteiger partial charge < -0.3 is 9.84 Å². The first-order valence-corrected chi connectivity index (χ1v) is 15.9. The van der Waals surface area contributed by atoms with E-state index in [4.69, 9.17) is 27.9 Å². The number of anilines is 1. The number of carbonyl (C=O) groups excluding carboxylic acids is 2. The number of halogens is 2. The SMILES string of the molecule is CCCCCOc1ccc(C2/C(=C(/O)c3ccc(Cl)cc3)C(=O)C(=O)N2c2nnc(SCc3ccc(Cl)cc3)s2)cc1. The summed E-state index contributed by atoms with van der Waals surface area (Å²) in [5.41, 5.74) is 2.01. The van der Waals surface area contributed by atoms with Crippen LogP contribution in [0.5, 0.6) is 5.75 Å². The molecule has 1 amide bonds. The average Bonchev–Trinajstić information content (AvgIpc) is 3.57. The summed E-state index contributed by atoms with van der Waals surface area (Å²) in [5, 5.41) is 21.3. The summed E-state index contributed by atoms with van der Waals surface area (Å²) in [7, 11) is 0. The van der Waals surface area contributed by atoms with Gasteiger partial charge in [0.1, 0.15) is 11.5 Å². The van der Waals surface area contributed by atoms with Crippen LogP contribution in [-0.4, -0.2) is 33.6 Å². The molecule has 5 rings (SSSR count). The molecule has 11 heteroatoms. The second-order valence-corrected chi connectivity index (χ2v) is 12.6. The van der Waals surface area contributed by atoms with E-state index in [2.05, 4.69) is 17.1 Å². The average molecular weight is 641 g/mol. The summed E-state index contributed by atoms with van der Waals surface area (Å²) in [5.74, 6) is -0.580. The molecule has 0 aliphatic carbocycles. The fourth-order valence-electron chi connectivity index (χ4n) is 4.48. The Morgan fingerprint density at radius 2 is 1.62 bits per heavy atom. The Balaban J connectivity index is 1.48. The highest BCUT2D eigenvalue weighted by molar-refractivity contribution is 8.00. The number of carbonyl (C=O) groups is 2. The number of thioether (sulfide) groups is 1. The van der Waals surface area contributed by atoms with E-state index >= 15 is 0 Å². The van der Waals surface area contributed by atoms with Gasteiger partial charge in [-0.3, -0.25) is 14.5 Å². The molecule has 1 aromatic heterocycles. The Morgan fingerprint density at radius 1 is 0.952 bits per heavy atom. The maximum atomic E-state index is 13.5. The van der Waals surface area contributed by atoms with Crippen molar-refractivity contribution in [3.63, 3.8) is 0 Å². The molecule has 2 heterocycles. The monoisotopic (exact) mass is 639 g/mol. The van der Waals surface area contributed by atoms with Crippen molar-refractivity contribution in [2.24, 2.45) is 0 Å². The van der Waals surface area contributed by atoms with E-state index < -0.39 is 17.7 Å². The van der Waals surface area contributed by atoms with Crippen LogP contribution in [0.1, 0.15) is 48.9 Å². The molecular formula is C31H27Cl2N3O4S2. The van der Waals surface area contributed by atoms with Crippen molar-refractivity contribution in [2.75, 3.05) is 11.5 Å². The van der Waals surface area contributed by atoms with Gasteiger partial charge in [0, 0.05) is 21.4 Å². The first-order chi connectivity index (χ1) is 20.4. The first-order valence-electron chi connectivity index (χ1n) is 13.4. The number of aliphatic hydroxyl groups is 1. The van der Waals surface area contributed by atoms with Gasteiger partial charge in [0.2, 0.25) is 5.13 Å². The van der Waals surface area contributed by atoms with Crippen molar-refractivity contribution < 1.29 is 19.4 Å². The predicted molar refractivity (Wildman–Crippen MR) is 169 cm³/mol. The standard InChI is InChI=1S/C31H27Cl2N3O4S2/c1-2-3-4-17-40-24-15-9-20(10-16-24)26-25(27(37)21-7-13-23(33)14-8-21)28(38)29(39)36(26)30-34-35-31(42-30)41-18-19-5-11-22(32)12-6-19/h5-16,26,37H,2-4,17-18H2,1H3/b27-25-. The van der Waals surface area contributed by atoms with Crippen molar-refractivity contribution in [3.8, 4) is 5.75 Å². The summed E-state index contributed by atoms with van der Waals surface area (Å²) in [6, 6.07) is 20.2. The van der Waals surface area contributed by atoms with Gasteiger partial charge in [-0.25, -0.2) is 0 Å². The normalized spacial score (nSPS) is 16.3. The molecular weight excluding hydrogens is 613 g/mol. The quantitative estimate of drug-likeness (QED) is 0.0440. The molecule has 42 heavy (non-hydrogen) atoms. The number of nitrogens with zero attached hydrogens (tertiary/aromatic N) is 3. The minimum Gasteiger partial charge on any atom is -0.507 e. The maximum absolute atomic E-state index is 13.5. The molecule has 1 N–H and O–H groups in total. The molecule has 1 unspecified atom stereocenters. The Labute approximate surface area is 262 Å². The summed E-state index contributed by atoms with van der Waals surface area (Å²) in [4.78, 5) is 28.2. The molecule has 0 saturated carbocycles. The lowest BCUT2D eigenvalue weighted by atomic mass is 9.95. The van der Waals surface area contributed by atoms with Gasteiger partial charge in [0.25, 0.3) is 5.78 Å². The zero-order valence-corrected chi connectivity index (χ0v) is 25.8. The molecule has 1 saturated heterocycles. The van der Waals surface area contributed by atoms with Gasteiger partial charge in [0.05, 0.1) is 18.2 Å². The minimum absolute atomic E-state index is 0.0375. The van der Waals surface area contributed by atoms with E-state index in [-0.39, 0.29) is 16.5 Å². The van der Waals surface area contributed by atoms with Crippen LogP contribution in [0.4, 0.5) is 5.13 Å². The van der Waals surface area contributed by atoms with Crippen molar-refractivity contribution >= 4 is 68.9 Å². The minimum atomic E-state index is -0.920. The largest absolute Gasteiger partial charge is 0.507 e. The fraction of sp³-hybridized carbons (Fsp3) is 0.226. The summed E-state index contributed by atoms with van der Waals surface area (Å²) in [6.45, 7) is 2.73. The third-order valence-electron chi connectivity index (χ3n) is 6.65. The maximum Gasteiger partial charge on any atom is 0.301 e. The molecule has 0 spiro atoms. The lowest BCUT2D eigenvalue weighted by Gasteiger charge is -2.22. The number of ether oxygens (including phenoxy) is 1. The van der Waals surface area contributed by atoms with E-state index in [1.807, 2.05) is 24.3 Å². The van der Waals surface area contributed by atoms with E-state index in [1.54, 1.807) is 48.5 Å². The zero-order chi connectivity index (χ0) is 29.6. The molecule has 0 bridgehead atoms. The number of rotatable bonds is 11. The van der Waals surface area contributed by atoms with Crippen LogP contribution in [-0.2, 0) is 15.3 Å². The molecule has 0 radical (unpaired) electrons. The van der Waals surface area contributed by atoms with Gasteiger partial charge >= 0.3 is 5.91 Å². The highest BCUT2D eigenvalue weighted by atomic mass is 35.5. The van der Waals surface area contributed by atoms with Crippen LogP contribution in [0.2, 0.25) is 10.0 Å². The number of hydrogen-bond donors (Lipinski definition) is 1. The molecule has 3 aromatic carbocycles. The molecule has 216 valence electrons. The number of benzene rings is 3. The Kier molecular flexibility index (Phi) is 9.84. The van der Waals surface area contributed by atoms with Crippen LogP contribution < -0.4 is 9.64 Å². The van der Waals surface area contributed by atoms with E-state index in [1.165, 1.54) is 28.0 Å². The van der Waals surface area contributed by atoms with Gasteiger partial charge in [-0.05, 0) is 66.1 Å². The van der Waals surface area contributed by atoms with Crippen LogP contribution >= 0.6 is 46.3 Å². The molecule has 7 nitrogen and oxygen atoms in total. The lowest BCUT2D eigenvalue weighted by Crippen LogP contribution is -2.29. The van der Waals surface area contributed by atoms with Crippen LogP contribution in [0, 0.1) is 0 Å². The molecule has 1 aliphatic rings. The third kappa shape index (κ3) is 6.81. The fourth-order valence-corrected chi connectivity index (χ4v) is 6.56. The predicted octanol–water partition coefficient (Wildman–Crippen LogP) is 8.33. The zero-order valence-electron chi connectivity index (χ0n) is 22.6. The topological polar surface area (TPSA) is 92.6 Å². The molecule has 1 aliphatic heterocycles. The molecule has 4 aromatic rings. The van der Waals surface area contributed by atoms with Gasteiger partial charge in [0.15, 0.2) is 4.34 Å². The van der Waals surface area contributed by atoms with Crippen molar-refractivity contribution in [2.45, 2.75) is 42.3 Å². The van der Waals surface area contributed by atoms with Crippen molar-refractivity contribution in [3.05, 3.63) is 105 Å². The van der Waals surface area contributed by atoms with Gasteiger partial charge in [-0.1, -0.05) is 90.3 Å². The van der Waals surface area contributed by atoms with Crippen LogP contribution in [0.3, 0.4) is 0 Å². The Hall–Kier alpha value is -3.37. The number of aliphatic hydroxyl groups excluding tert-OH is 1. The number of amides is 1. The van der Waals surface area contributed by atoms with Crippen molar-refractivity contribution in [1.82, 2.24) is 10.2 Å². The van der Waals surface area contributed by atoms with Crippen molar-refractivity contribution in [1.29, 1.82) is 0 Å². The third-order valence-corrected chi connectivity index (χ3v) is 9.28. The number of ketones is 1. The first kappa shape index (κ1) is 30.1. The van der Waals surface area contributed by atoms with Crippen LogP contribution in [0.25, 0.3) is 5.76 Å². The Bertz CT molecular complexity index is 1590. The lowest BCUT2D eigenvalue weighted by molar-refractivity contribution is -0.132.